The van der Waals surface area contributed by atoms with E-state index in [9.17, 15) is 0 Å². The number of nitrogens with two attached hydrogens (primary N) is 1. The lowest BCUT2D eigenvalue weighted by Gasteiger charge is -2.34. The molecule has 1 aliphatic heterocycles. The molecule has 0 atom stereocenters. The molecule has 0 bridgehead atoms. The van der Waals surface area contributed by atoms with E-state index in [0.29, 0.717) is 0 Å². The van der Waals surface area contributed by atoms with E-state index >= 15 is 0 Å². The Morgan fingerprint density at radius 2 is 1.72 bits per heavy atom. The van der Waals surface area contributed by atoms with Gasteiger partial charge in [0, 0.05) is 37.7 Å². The summed E-state index contributed by atoms with van der Waals surface area (Å²) in [5.74, 6) is 0. The fourth-order valence-electron chi connectivity index (χ4n) is 2.35. The number of halogens is 1. The maximum Gasteiger partial charge on any atom is 0.0451 e. The SMILES string of the molecule is NCCCN1CCN(Cc2ccccc2Cl)CC1. The summed E-state index contributed by atoms with van der Waals surface area (Å²) in [4.78, 5) is 4.97. The minimum absolute atomic E-state index is 0.792. The Hall–Kier alpha value is -0.610. The second kappa shape index (κ2) is 7.10. The number of benzene rings is 1. The second-order valence-electron chi connectivity index (χ2n) is 4.85. The molecule has 0 radical (unpaired) electrons. The molecule has 2 rings (SSSR count). The third-order valence-electron chi connectivity index (χ3n) is 3.50. The van der Waals surface area contributed by atoms with Crippen molar-refractivity contribution in [2.75, 3.05) is 39.3 Å². The highest BCUT2D eigenvalue weighted by Crippen LogP contribution is 2.17. The van der Waals surface area contributed by atoms with E-state index in [2.05, 4.69) is 21.9 Å². The first-order valence-electron chi connectivity index (χ1n) is 6.68. The first-order chi connectivity index (χ1) is 8.79. The van der Waals surface area contributed by atoms with Crippen LogP contribution in [0.3, 0.4) is 0 Å². The zero-order chi connectivity index (χ0) is 12.8. The molecule has 1 saturated heterocycles. The van der Waals surface area contributed by atoms with Crippen molar-refractivity contribution in [1.82, 2.24) is 9.80 Å². The summed E-state index contributed by atoms with van der Waals surface area (Å²) < 4.78 is 0. The molecule has 100 valence electrons. The van der Waals surface area contributed by atoms with Gasteiger partial charge in [-0.1, -0.05) is 29.8 Å². The number of hydrogen-bond donors (Lipinski definition) is 1. The van der Waals surface area contributed by atoms with Crippen molar-refractivity contribution in [3.63, 3.8) is 0 Å². The van der Waals surface area contributed by atoms with Gasteiger partial charge in [0.25, 0.3) is 0 Å². The lowest BCUT2D eigenvalue weighted by atomic mass is 10.2. The van der Waals surface area contributed by atoms with Gasteiger partial charge in [0.15, 0.2) is 0 Å². The molecule has 0 aliphatic carbocycles. The Balaban J connectivity index is 1.78. The molecular weight excluding hydrogens is 246 g/mol. The van der Waals surface area contributed by atoms with Crippen molar-refractivity contribution in [3.8, 4) is 0 Å². The molecule has 0 unspecified atom stereocenters. The third kappa shape index (κ3) is 3.95. The van der Waals surface area contributed by atoms with Crippen LogP contribution in [0.4, 0.5) is 0 Å². The summed E-state index contributed by atoms with van der Waals surface area (Å²) in [6.45, 7) is 7.42. The molecule has 1 aliphatic rings. The van der Waals surface area contributed by atoms with Crippen LogP contribution in [0, 0.1) is 0 Å². The number of hydrogen-bond acceptors (Lipinski definition) is 3. The minimum atomic E-state index is 0.792. The summed E-state index contributed by atoms with van der Waals surface area (Å²) in [7, 11) is 0. The van der Waals surface area contributed by atoms with Gasteiger partial charge in [-0.25, -0.2) is 0 Å². The zero-order valence-corrected chi connectivity index (χ0v) is 11.6. The van der Waals surface area contributed by atoms with E-state index in [-0.39, 0.29) is 0 Å². The average molecular weight is 268 g/mol. The van der Waals surface area contributed by atoms with Crippen molar-refractivity contribution in [1.29, 1.82) is 0 Å². The van der Waals surface area contributed by atoms with E-state index in [4.69, 9.17) is 17.3 Å². The molecule has 1 heterocycles. The van der Waals surface area contributed by atoms with Gasteiger partial charge in [-0.05, 0) is 31.1 Å². The highest BCUT2D eigenvalue weighted by atomic mass is 35.5. The van der Waals surface area contributed by atoms with Gasteiger partial charge in [-0.3, -0.25) is 4.90 Å². The Bertz CT molecular complexity index is 362. The quantitative estimate of drug-likeness (QED) is 0.883. The van der Waals surface area contributed by atoms with E-state index in [1.54, 1.807) is 0 Å². The Kier molecular flexibility index (Phi) is 5.45. The van der Waals surface area contributed by atoms with Crippen molar-refractivity contribution in [3.05, 3.63) is 34.9 Å². The molecule has 0 saturated carbocycles. The van der Waals surface area contributed by atoms with Crippen molar-refractivity contribution < 1.29 is 0 Å². The van der Waals surface area contributed by atoms with Crippen molar-refractivity contribution in [2.45, 2.75) is 13.0 Å². The van der Waals surface area contributed by atoms with Gasteiger partial charge in [0.2, 0.25) is 0 Å². The van der Waals surface area contributed by atoms with Crippen molar-refractivity contribution >= 4 is 11.6 Å². The van der Waals surface area contributed by atoms with Gasteiger partial charge in [0.1, 0.15) is 0 Å². The topological polar surface area (TPSA) is 32.5 Å². The normalized spacial score (nSPS) is 18.1. The average Bonchev–Trinajstić information content (AvgIpc) is 2.41. The van der Waals surface area contributed by atoms with Crippen LogP contribution in [0.5, 0.6) is 0 Å². The molecule has 0 aromatic heterocycles. The molecule has 4 heteroatoms. The fourth-order valence-corrected chi connectivity index (χ4v) is 2.55. The van der Waals surface area contributed by atoms with Gasteiger partial charge >= 0.3 is 0 Å². The van der Waals surface area contributed by atoms with E-state index in [0.717, 1.165) is 57.3 Å². The summed E-state index contributed by atoms with van der Waals surface area (Å²) in [5, 5.41) is 0.878. The van der Waals surface area contributed by atoms with Crippen LogP contribution < -0.4 is 5.73 Å². The van der Waals surface area contributed by atoms with Crippen molar-refractivity contribution in [2.24, 2.45) is 5.73 Å². The maximum atomic E-state index is 6.19. The minimum Gasteiger partial charge on any atom is -0.330 e. The summed E-state index contributed by atoms with van der Waals surface area (Å²) >= 11 is 6.19. The lowest BCUT2D eigenvalue weighted by Crippen LogP contribution is -2.46. The second-order valence-corrected chi connectivity index (χ2v) is 5.26. The maximum absolute atomic E-state index is 6.19. The van der Waals surface area contributed by atoms with Crippen LogP contribution in [0.1, 0.15) is 12.0 Å². The number of piperazine rings is 1. The Morgan fingerprint density at radius 1 is 1.06 bits per heavy atom. The molecule has 1 aromatic carbocycles. The predicted molar refractivity (Wildman–Crippen MR) is 76.8 cm³/mol. The Morgan fingerprint density at radius 3 is 2.39 bits per heavy atom. The molecule has 1 fully saturated rings. The molecular formula is C14H22ClN3. The van der Waals surface area contributed by atoms with Crippen LogP contribution in [-0.2, 0) is 6.54 Å². The molecule has 2 N–H and O–H groups in total. The van der Waals surface area contributed by atoms with Crippen LogP contribution >= 0.6 is 11.6 Å². The molecule has 3 nitrogen and oxygen atoms in total. The molecule has 0 spiro atoms. The number of nitrogens with zero attached hydrogens (tertiary/aromatic N) is 2. The fraction of sp³-hybridized carbons (Fsp3) is 0.571. The lowest BCUT2D eigenvalue weighted by molar-refractivity contribution is 0.127. The highest BCUT2D eigenvalue weighted by Gasteiger charge is 2.16. The molecule has 1 aromatic rings. The molecule has 18 heavy (non-hydrogen) atoms. The van der Waals surface area contributed by atoms with Gasteiger partial charge in [0.05, 0.1) is 0 Å². The van der Waals surface area contributed by atoms with Crippen LogP contribution in [-0.4, -0.2) is 49.1 Å². The smallest absolute Gasteiger partial charge is 0.0451 e. The Labute approximate surface area is 115 Å². The third-order valence-corrected chi connectivity index (χ3v) is 3.86. The highest BCUT2D eigenvalue weighted by molar-refractivity contribution is 6.31. The summed E-state index contributed by atoms with van der Waals surface area (Å²) in [6, 6.07) is 8.12. The number of rotatable bonds is 5. The van der Waals surface area contributed by atoms with E-state index < -0.39 is 0 Å². The van der Waals surface area contributed by atoms with Gasteiger partial charge in [-0.2, -0.15) is 0 Å². The van der Waals surface area contributed by atoms with Crippen LogP contribution in [0.15, 0.2) is 24.3 Å². The first kappa shape index (κ1) is 13.8. The monoisotopic (exact) mass is 267 g/mol. The van der Waals surface area contributed by atoms with E-state index in [1.807, 2.05) is 12.1 Å². The summed E-state index contributed by atoms with van der Waals surface area (Å²) in [6.07, 6.45) is 1.10. The first-order valence-corrected chi connectivity index (χ1v) is 7.05. The van der Waals surface area contributed by atoms with E-state index in [1.165, 1.54) is 5.56 Å². The molecule has 0 amide bonds. The standard InChI is InChI=1S/C14H22ClN3/c15-14-5-2-1-4-13(14)12-18-10-8-17(9-11-18)7-3-6-16/h1-2,4-5H,3,6-12,16H2. The predicted octanol–water partition coefficient (Wildman–Crippen LogP) is 1.81. The van der Waals surface area contributed by atoms with Gasteiger partial charge < -0.3 is 10.6 Å². The zero-order valence-electron chi connectivity index (χ0n) is 10.8. The van der Waals surface area contributed by atoms with Crippen LogP contribution in [0.2, 0.25) is 5.02 Å². The van der Waals surface area contributed by atoms with Gasteiger partial charge in [-0.15, -0.1) is 0 Å². The largest absolute Gasteiger partial charge is 0.330 e. The summed E-state index contributed by atoms with van der Waals surface area (Å²) in [5.41, 5.74) is 6.77. The van der Waals surface area contributed by atoms with Crippen LogP contribution in [0.25, 0.3) is 0 Å².